The molecular formula is C27H35FN2O5. The number of phenols is 1. The Hall–Kier alpha value is -2.81. The summed E-state index contributed by atoms with van der Waals surface area (Å²) in [5.74, 6) is -1.95. The van der Waals surface area contributed by atoms with Crippen molar-refractivity contribution in [3.63, 3.8) is 0 Å². The number of ketones is 1. The summed E-state index contributed by atoms with van der Waals surface area (Å²) in [4.78, 5) is 30.4. The van der Waals surface area contributed by atoms with Crippen molar-refractivity contribution in [3.8, 4) is 5.75 Å². The van der Waals surface area contributed by atoms with Crippen molar-refractivity contribution in [1.29, 1.82) is 0 Å². The van der Waals surface area contributed by atoms with Crippen LogP contribution in [0.15, 0.2) is 42.5 Å². The number of amides is 1. The molecule has 1 amide bonds. The predicted molar refractivity (Wildman–Crippen MR) is 131 cm³/mol. The van der Waals surface area contributed by atoms with Crippen LogP contribution in [0.4, 0.5) is 4.39 Å². The van der Waals surface area contributed by atoms with Crippen LogP contribution in [0.5, 0.6) is 5.75 Å². The van der Waals surface area contributed by atoms with Gasteiger partial charge in [0.25, 0.3) is 0 Å². The van der Waals surface area contributed by atoms with E-state index in [4.69, 9.17) is 4.74 Å². The lowest BCUT2D eigenvalue weighted by molar-refractivity contribution is -0.135. The molecule has 0 saturated carbocycles. The van der Waals surface area contributed by atoms with Crippen LogP contribution in [0.2, 0.25) is 0 Å². The number of rotatable bonds is 9. The lowest BCUT2D eigenvalue weighted by Gasteiger charge is -2.48. The van der Waals surface area contributed by atoms with Crippen molar-refractivity contribution in [2.75, 3.05) is 39.9 Å². The summed E-state index contributed by atoms with van der Waals surface area (Å²) in [6.45, 7) is 6.65. The molecule has 0 bridgehead atoms. The van der Waals surface area contributed by atoms with Gasteiger partial charge in [0.05, 0.1) is 18.8 Å². The van der Waals surface area contributed by atoms with Crippen LogP contribution >= 0.6 is 0 Å². The first kappa shape index (κ1) is 26.8. The summed E-state index contributed by atoms with van der Waals surface area (Å²) in [5.41, 5.74) is 1.45. The Bertz CT molecular complexity index is 1040. The Morgan fingerprint density at radius 3 is 2.57 bits per heavy atom. The maximum Gasteiger partial charge on any atom is 0.219 e. The van der Waals surface area contributed by atoms with Crippen LogP contribution in [-0.2, 0) is 9.53 Å². The number of hydrogen-bond donors (Lipinski definition) is 2. The number of Topliss-reactive ketones (excluding diaryl/α,β-unsaturated/α-hetero) is 1. The van der Waals surface area contributed by atoms with E-state index in [2.05, 4.69) is 4.90 Å². The topological polar surface area (TPSA) is 90.3 Å². The second-order valence-corrected chi connectivity index (χ2v) is 9.34. The largest absolute Gasteiger partial charge is 0.508 e. The molecule has 0 aromatic heterocycles. The second kappa shape index (κ2) is 11.7. The molecule has 1 heterocycles. The van der Waals surface area contributed by atoms with Gasteiger partial charge in [0.15, 0.2) is 5.78 Å². The highest BCUT2D eigenvalue weighted by molar-refractivity contribution is 5.99. The third kappa shape index (κ3) is 6.25. The molecule has 3 rings (SSSR count). The number of likely N-dealkylation sites (tertiary alicyclic amines) is 1. The Morgan fingerprint density at radius 1 is 1.23 bits per heavy atom. The average Bonchev–Trinajstić information content (AvgIpc) is 2.82. The zero-order valence-corrected chi connectivity index (χ0v) is 20.8. The minimum Gasteiger partial charge on any atom is -0.508 e. The molecule has 1 fully saturated rings. The highest BCUT2D eigenvalue weighted by Crippen LogP contribution is 2.40. The Kier molecular flexibility index (Phi) is 8.99. The van der Waals surface area contributed by atoms with Gasteiger partial charge >= 0.3 is 0 Å². The number of benzene rings is 2. The molecule has 1 aliphatic heterocycles. The van der Waals surface area contributed by atoms with E-state index in [1.807, 2.05) is 6.07 Å². The predicted octanol–water partition coefficient (Wildman–Crippen LogP) is 2.98. The zero-order valence-electron chi connectivity index (χ0n) is 20.8. The number of aromatic hydroxyl groups is 1. The zero-order chi connectivity index (χ0) is 25.7. The minimum atomic E-state index is -0.775. The van der Waals surface area contributed by atoms with E-state index in [1.165, 1.54) is 25.1 Å². The molecule has 2 aromatic carbocycles. The first-order valence-corrected chi connectivity index (χ1v) is 11.9. The van der Waals surface area contributed by atoms with Gasteiger partial charge in [0.1, 0.15) is 11.6 Å². The maximum absolute atomic E-state index is 14.7. The molecule has 190 valence electrons. The normalized spacial score (nSPS) is 21.5. The van der Waals surface area contributed by atoms with Gasteiger partial charge in [-0.05, 0) is 43.2 Å². The van der Waals surface area contributed by atoms with E-state index < -0.39 is 24.0 Å². The first-order chi connectivity index (χ1) is 16.6. The average molecular weight is 487 g/mol. The van der Waals surface area contributed by atoms with Gasteiger partial charge in [0, 0.05) is 57.6 Å². The summed E-state index contributed by atoms with van der Waals surface area (Å²) in [6, 6.07) is 10.5. The molecule has 7 nitrogen and oxygen atoms in total. The van der Waals surface area contributed by atoms with Crippen molar-refractivity contribution in [3.05, 3.63) is 65.0 Å². The smallest absolute Gasteiger partial charge is 0.219 e. The molecule has 2 aromatic rings. The number of piperidine rings is 1. The van der Waals surface area contributed by atoms with E-state index in [9.17, 15) is 24.2 Å². The first-order valence-electron chi connectivity index (χ1n) is 11.9. The van der Waals surface area contributed by atoms with Crippen LogP contribution in [0, 0.1) is 18.7 Å². The van der Waals surface area contributed by atoms with Crippen molar-refractivity contribution in [2.24, 2.45) is 5.92 Å². The molecule has 2 N–H and O–H groups in total. The standard InChI is InChI=1S/C27H35FN2O5/c1-17(31)14-30(19(3)32)25-16-29(11-12-35-4)15-23(27(34)20-7-5-8-21(33)13-20)26(25)22-9-6-10-24(28)18(22)2/h5-10,13,17,23,25-26,31,33H,11-12,14-16H2,1-4H3/t17?,23-,25+,26-/m0/s1. The summed E-state index contributed by atoms with van der Waals surface area (Å²) < 4.78 is 20.0. The number of carbonyl (C=O) groups is 2. The number of carbonyl (C=O) groups excluding carboxylic acids is 2. The molecule has 0 radical (unpaired) electrons. The monoisotopic (exact) mass is 486 g/mol. The lowest BCUT2D eigenvalue weighted by Crippen LogP contribution is -2.59. The van der Waals surface area contributed by atoms with Crippen LogP contribution in [-0.4, -0.2) is 83.7 Å². The molecule has 0 spiro atoms. The second-order valence-electron chi connectivity index (χ2n) is 9.34. The van der Waals surface area contributed by atoms with Gasteiger partial charge in [-0.2, -0.15) is 0 Å². The van der Waals surface area contributed by atoms with Gasteiger partial charge in [-0.1, -0.05) is 24.3 Å². The fourth-order valence-electron chi connectivity index (χ4n) is 5.12. The van der Waals surface area contributed by atoms with Gasteiger partial charge in [-0.15, -0.1) is 0 Å². The van der Waals surface area contributed by atoms with Gasteiger partial charge in [0.2, 0.25) is 5.91 Å². The number of hydrogen-bond acceptors (Lipinski definition) is 6. The SMILES string of the molecule is COCCN1C[C@H](C(=O)c2cccc(O)c2)[C@H](c2cccc(F)c2C)[C@H](N(CC(C)O)C(C)=O)C1. The van der Waals surface area contributed by atoms with E-state index in [0.29, 0.717) is 42.9 Å². The Balaban J connectivity index is 2.17. The van der Waals surface area contributed by atoms with Gasteiger partial charge in [-0.25, -0.2) is 4.39 Å². The van der Waals surface area contributed by atoms with E-state index in [-0.39, 0.29) is 29.8 Å². The number of halogens is 1. The molecule has 1 saturated heterocycles. The number of ether oxygens (including phenoxy) is 1. The van der Waals surface area contributed by atoms with E-state index >= 15 is 0 Å². The fraction of sp³-hybridized carbons (Fsp3) is 0.481. The minimum absolute atomic E-state index is 0.0163. The highest BCUT2D eigenvalue weighted by atomic mass is 19.1. The summed E-state index contributed by atoms with van der Waals surface area (Å²) >= 11 is 0. The van der Waals surface area contributed by atoms with Crippen LogP contribution in [0.1, 0.15) is 41.3 Å². The summed E-state index contributed by atoms with van der Waals surface area (Å²) in [5, 5.41) is 20.2. The molecule has 4 atom stereocenters. The van der Waals surface area contributed by atoms with E-state index in [0.717, 1.165) is 0 Å². The Morgan fingerprint density at radius 2 is 1.94 bits per heavy atom. The van der Waals surface area contributed by atoms with Crippen molar-refractivity contribution in [2.45, 2.75) is 38.8 Å². The van der Waals surface area contributed by atoms with Crippen molar-refractivity contribution < 1.29 is 28.9 Å². The summed E-state index contributed by atoms with van der Waals surface area (Å²) in [6.07, 6.45) is -0.775. The number of aliphatic hydroxyl groups excluding tert-OH is 1. The van der Waals surface area contributed by atoms with Gasteiger partial charge < -0.3 is 19.8 Å². The van der Waals surface area contributed by atoms with Crippen molar-refractivity contribution >= 4 is 11.7 Å². The quantitative estimate of drug-likeness (QED) is 0.530. The van der Waals surface area contributed by atoms with E-state index in [1.54, 1.807) is 44.1 Å². The Labute approximate surface area is 206 Å². The lowest BCUT2D eigenvalue weighted by atomic mass is 9.72. The third-order valence-corrected chi connectivity index (χ3v) is 6.76. The van der Waals surface area contributed by atoms with Crippen LogP contribution in [0.3, 0.4) is 0 Å². The maximum atomic E-state index is 14.7. The number of phenolic OH excluding ortho intramolecular Hbond substituents is 1. The molecule has 35 heavy (non-hydrogen) atoms. The molecular weight excluding hydrogens is 451 g/mol. The molecule has 8 heteroatoms. The molecule has 1 aliphatic rings. The third-order valence-electron chi connectivity index (χ3n) is 6.76. The van der Waals surface area contributed by atoms with Crippen LogP contribution in [0.25, 0.3) is 0 Å². The number of methoxy groups -OCH3 is 1. The van der Waals surface area contributed by atoms with Gasteiger partial charge in [-0.3, -0.25) is 14.5 Å². The fourth-order valence-corrected chi connectivity index (χ4v) is 5.12. The van der Waals surface area contributed by atoms with Crippen LogP contribution < -0.4 is 0 Å². The molecule has 0 aliphatic carbocycles. The summed E-state index contributed by atoms with van der Waals surface area (Å²) in [7, 11) is 1.60. The molecule has 1 unspecified atom stereocenters. The highest BCUT2D eigenvalue weighted by Gasteiger charge is 2.45. The number of aliphatic hydroxyl groups is 1. The number of nitrogens with zero attached hydrogens (tertiary/aromatic N) is 2. The van der Waals surface area contributed by atoms with Crippen molar-refractivity contribution in [1.82, 2.24) is 9.80 Å².